The van der Waals surface area contributed by atoms with E-state index >= 15 is 0 Å². The zero-order valence-electron chi connectivity index (χ0n) is 7.97. The third-order valence-electron chi connectivity index (χ3n) is 2.43. The number of thioether (sulfide) groups is 1. The molecule has 5 nitrogen and oxygen atoms in total. The van der Waals surface area contributed by atoms with Crippen LogP contribution in [0.1, 0.15) is 13.8 Å². The molecule has 1 aliphatic rings. The third kappa shape index (κ3) is 1.61. The molecule has 0 N–H and O–H groups in total. The quantitative estimate of drug-likeness (QED) is 0.423. The molecule has 2 rings (SSSR count). The first kappa shape index (κ1) is 9.49. The van der Waals surface area contributed by atoms with Gasteiger partial charge in [0.05, 0.1) is 12.6 Å². The summed E-state index contributed by atoms with van der Waals surface area (Å²) in [7, 11) is 0. The molecular formula is C8H10N4OS. The molecule has 0 bridgehead atoms. The number of aromatic nitrogens is 3. The molecule has 1 aromatic rings. The lowest BCUT2D eigenvalue weighted by atomic mass is 10.1. The highest BCUT2D eigenvalue weighted by atomic mass is 32.2. The van der Waals surface area contributed by atoms with Gasteiger partial charge >= 0.3 is 0 Å². The Labute approximate surface area is 86.1 Å². The van der Waals surface area contributed by atoms with Crippen LogP contribution in [0.3, 0.4) is 0 Å². The summed E-state index contributed by atoms with van der Waals surface area (Å²) in [6.45, 7) is 4.70. The molecule has 74 valence electrons. The van der Waals surface area contributed by atoms with Gasteiger partial charge in [-0.1, -0.05) is 0 Å². The molecule has 14 heavy (non-hydrogen) atoms. The average molecular weight is 210 g/mol. The number of hydrogen-bond donors (Lipinski definition) is 0. The summed E-state index contributed by atoms with van der Waals surface area (Å²) in [5.41, 5.74) is -0.140. The molecule has 2 heterocycles. The highest BCUT2D eigenvalue weighted by Crippen LogP contribution is 2.37. The Kier molecular flexibility index (Phi) is 2.21. The molecule has 1 fully saturated rings. The van der Waals surface area contributed by atoms with E-state index in [4.69, 9.17) is 10.00 Å². The Bertz CT molecular complexity index is 385. The zero-order chi connectivity index (χ0) is 10.2. The molecule has 0 aliphatic carbocycles. The van der Waals surface area contributed by atoms with Gasteiger partial charge in [-0.05, 0) is 13.8 Å². The third-order valence-corrected chi connectivity index (χ3v) is 3.02. The smallest absolute Gasteiger partial charge is 0.200 e. The van der Waals surface area contributed by atoms with Crippen LogP contribution < -0.4 is 0 Å². The van der Waals surface area contributed by atoms with E-state index in [9.17, 15) is 0 Å². The first-order valence-corrected chi connectivity index (χ1v) is 5.09. The lowest BCUT2D eigenvalue weighted by molar-refractivity contribution is 0.272. The topological polar surface area (TPSA) is 67.0 Å². The van der Waals surface area contributed by atoms with E-state index in [1.807, 2.05) is 19.2 Å². The largest absolute Gasteiger partial charge is 0.365 e. The van der Waals surface area contributed by atoms with E-state index in [-0.39, 0.29) is 11.7 Å². The van der Waals surface area contributed by atoms with Gasteiger partial charge in [0.15, 0.2) is 0 Å². The van der Waals surface area contributed by atoms with Gasteiger partial charge in [-0.3, -0.25) is 0 Å². The van der Waals surface area contributed by atoms with Crippen molar-refractivity contribution in [2.45, 2.75) is 37.3 Å². The van der Waals surface area contributed by atoms with Crippen LogP contribution in [-0.4, -0.2) is 26.5 Å². The Morgan fingerprint density at radius 3 is 3.14 bits per heavy atom. The predicted molar refractivity (Wildman–Crippen MR) is 50.4 cm³/mol. The van der Waals surface area contributed by atoms with Crippen molar-refractivity contribution >= 4 is 11.8 Å². The number of hydrogen-bond acceptors (Lipinski definition) is 5. The van der Waals surface area contributed by atoms with Crippen molar-refractivity contribution in [2.24, 2.45) is 0 Å². The number of nitrogens with zero attached hydrogens (tertiary/aromatic N) is 4. The maximum Gasteiger partial charge on any atom is 0.200 e. The molecular weight excluding hydrogens is 200 g/mol. The fourth-order valence-corrected chi connectivity index (χ4v) is 1.71. The van der Waals surface area contributed by atoms with E-state index < -0.39 is 0 Å². The molecule has 0 saturated carbocycles. The average Bonchev–Trinajstić information content (AvgIpc) is 2.56. The summed E-state index contributed by atoms with van der Waals surface area (Å²) >= 11 is 1.02. The summed E-state index contributed by atoms with van der Waals surface area (Å²) in [5, 5.41) is 15.2. The van der Waals surface area contributed by atoms with Crippen LogP contribution in [0.25, 0.3) is 0 Å². The standard InChI is InChI=1S/C8H10N4OS/c1-6-8(2,13-6)3-12-7(14-4-9)10-5-11-12/h5-6H,3H2,1-2H3. The Balaban J connectivity index is 2.10. The predicted octanol–water partition coefficient (Wildman–Crippen LogP) is 1.03. The second-order valence-corrected chi connectivity index (χ2v) is 4.22. The fraction of sp³-hybridized carbons (Fsp3) is 0.625. The van der Waals surface area contributed by atoms with Crippen molar-refractivity contribution in [2.75, 3.05) is 0 Å². The Morgan fingerprint density at radius 2 is 2.57 bits per heavy atom. The minimum atomic E-state index is -0.140. The maximum absolute atomic E-state index is 8.53. The summed E-state index contributed by atoms with van der Waals surface area (Å²) in [5.74, 6) is 0. The van der Waals surface area contributed by atoms with Crippen LogP contribution in [0.4, 0.5) is 0 Å². The van der Waals surface area contributed by atoms with Crippen molar-refractivity contribution in [3.05, 3.63) is 6.33 Å². The highest BCUT2D eigenvalue weighted by molar-refractivity contribution is 8.03. The molecule has 2 unspecified atom stereocenters. The molecule has 1 aliphatic heterocycles. The van der Waals surface area contributed by atoms with Crippen LogP contribution in [-0.2, 0) is 11.3 Å². The van der Waals surface area contributed by atoms with Crippen LogP contribution >= 0.6 is 11.8 Å². The van der Waals surface area contributed by atoms with Gasteiger partial charge in [0.1, 0.15) is 17.3 Å². The van der Waals surface area contributed by atoms with Crippen LogP contribution in [0.2, 0.25) is 0 Å². The SMILES string of the molecule is CC1OC1(C)Cn1ncnc1SC#N. The van der Waals surface area contributed by atoms with Crippen molar-refractivity contribution in [3.63, 3.8) is 0 Å². The van der Waals surface area contributed by atoms with E-state index in [0.29, 0.717) is 11.7 Å². The molecule has 2 atom stereocenters. The van der Waals surface area contributed by atoms with Crippen molar-refractivity contribution < 1.29 is 4.74 Å². The first-order valence-electron chi connectivity index (χ1n) is 4.27. The van der Waals surface area contributed by atoms with Gasteiger partial charge in [-0.2, -0.15) is 10.4 Å². The van der Waals surface area contributed by atoms with Gasteiger partial charge in [-0.15, -0.1) is 0 Å². The molecule has 0 spiro atoms. The van der Waals surface area contributed by atoms with Crippen molar-refractivity contribution in [1.29, 1.82) is 5.26 Å². The Hall–Kier alpha value is -1.06. The molecule has 1 saturated heterocycles. The zero-order valence-corrected chi connectivity index (χ0v) is 8.78. The second-order valence-electron chi connectivity index (χ2n) is 3.47. The van der Waals surface area contributed by atoms with E-state index in [1.54, 1.807) is 4.68 Å². The minimum absolute atomic E-state index is 0.140. The molecule has 1 aromatic heterocycles. The van der Waals surface area contributed by atoms with Gasteiger partial charge in [0.2, 0.25) is 5.16 Å². The fourth-order valence-electron chi connectivity index (χ4n) is 1.31. The summed E-state index contributed by atoms with van der Waals surface area (Å²) < 4.78 is 7.14. The van der Waals surface area contributed by atoms with Crippen LogP contribution in [0.15, 0.2) is 11.5 Å². The van der Waals surface area contributed by atoms with Crippen molar-refractivity contribution in [3.8, 4) is 5.40 Å². The molecule has 6 heteroatoms. The normalized spacial score (nSPS) is 29.9. The van der Waals surface area contributed by atoms with Gasteiger partial charge in [-0.25, -0.2) is 9.67 Å². The second kappa shape index (κ2) is 3.26. The number of epoxide rings is 1. The minimum Gasteiger partial charge on any atom is -0.365 e. The lowest BCUT2D eigenvalue weighted by Gasteiger charge is -2.06. The van der Waals surface area contributed by atoms with Gasteiger partial charge in [0.25, 0.3) is 0 Å². The molecule has 0 amide bonds. The maximum atomic E-state index is 8.53. The molecule has 0 aromatic carbocycles. The lowest BCUT2D eigenvalue weighted by Crippen LogP contribution is -2.19. The number of ether oxygens (including phenoxy) is 1. The van der Waals surface area contributed by atoms with E-state index in [1.165, 1.54) is 6.33 Å². The number of nitriles is 1. The van der Waals surface area contributed by atoms with E-state index in [0.717, 1.165) is 11.8 Å². The monoisotopic (exact) mass is 210 g/mol. The van der Waals surface area contributed by atoms with Gasteiger partial charge in [0, 0.05) is 11.8 Å². The van der Waals surface area contributed by atoms with Crippen LogP contribution in [0, 0.1) is 10.7 Å². The number of rotatable bonds is 3. The Morgan fingerprint density at radius 1 is 1.86 bits per heavy atom. The van der Waals surface area contributed by atoms with E-state index in [2.05, 4.69) is 10.1 Å². The summed E-state index contributed by atoms with van der Waals surface area (Å²) in [6.07, 6.45) is 1.71. The number of thiocyanates is 1. The summed E-state index contributed by atoms with van der Waals surface area (Å²) in [6, 6.07) is 0. The molecule has 0 radical (unpaired) electrons. The van der Waals surface area contributed by atoms with Crippen molar-refractivity contribution in [1.82, 2.24) is 14.8 Å². The summed E-state index contributed by atoms with van der Waals surface area (Å²) in [4.78, 5) is 3.98. The first-order chi connectivity index (χ1) is 6.65. The van der Waals surface area contributed by atoms with Crippen LogP contribution in [0.5, 0.6) is 0 Å². The van der Waals surface area contributed by atoms with Gasteiger partial charge < -0.3 is 4.74 Å². The highest BCUT2D eigenvalue weighted by Gasteiger charge is 2.49.